The first-order valence-corrected chi connectivity index (χ1v) is 15.8. The van der Waals surface area contributed by atoms with Crippen molar-refractivity contribution in [2.75, 3.05) is 24.3 Å². The molecular formula is C34H37N5O5S. The zero-order valence-electron chi connectivity index (χ0n) is 25.1. The van der Waals surface area contributed by atoms with Crippen molar-refractivity contribution in [2.45, 2.75) is 50.6 Å². The summed E-state index contributed by atoms with van der Waals surface area (Å²) in [6.45, 7) is 0.330. The lowest BCUT2D eigenvalue weighted by molar-refractivity contribution is -0.122. The lowest BCUT2D eigenvalue weighted by Gasteiger charge is -2.31. The van der Waals surface area contributed by atoms with Crippen LogP contribution in [0.1, 0.15) is 69.4 Å². The van der Waals surface area contributed by atoms with Gasteiger partial charge in [0.25, 0.3) is 11.8 Å². The van der Waals surface area contributed by atoms with Crippen molar-refractivity contribution < 1.29 is 24.2 Å². The van der Waals surface area contributed by atoms with Crippen LogP contribution in [0.2, 0.25) is 0 Å². The Morgan fingerprint density at radius 2 is 1.69 bits per heavy atom. The summed E-state index contributed by atoms with van der Waals surface area (Å²) in [5.41, 5.74) is 8.32. The van der Waals surface area contributed by atoms with Gasteiger partial charge >= 0.3 is 0 Å². The van der Waals surface area contributed by atoms with E-state index < -0.39 is 23.8 Å². The van der Waals surface area contributed by atoms with Gasteiger partial charge in [0.2, 0.25) is 5.91 Å². The standard InChI is InChI=1S/C34H37N5O5S/c1-44-27-18-14-25(15-19-27)39(34(43)31-28(35)29(38-45-31)32(41)37-24-10-6-3-7-11-24)30(23-12-16-26(40)17-13-23)33(42)36-21-20-22-8-4-2-5-9-22/h2,4-5,8-9,12-19,24,30,40H,3,6-7,10-11,20-21,35H2,1H3,(H,36,42)(H,37,41)/t30-/m1/s1. The van der Waals surface area contributed by atoms with Crippen molar-refractivity contribution in [3.05, 3.63) is 101 Å². The number of nitrogens with one attached hydrogen (secondary N) is 2. The highest BCUT2D eigenvalue weighted by Crippen LogP contribution is 2.34. The van der Waals surface area contributed by atoms with E-state index in [2.05, 4.69) is 15.0 Å². The van der Waals surface area contributed by atoms with Gasteiger partial charge in [0.1, 0.15) is 22.4 Å². The molecule has 0 saturated heterocycles. The molecule has 1 atom stereocenters. The van der Waals surface area contributed by atoms with Crippen LogP contribution in [0.25, 0.3) is 0 Å². The molecule has 10 nitrogen and oxygen atoms in total. The quantitative estimate of drug-likeness (QED) is 0.178. The van der Waals surface area contributed by atoms with Gasteiger partial charge < -0.3 is 26.2 Å². The summed E-state index contributed by atoms with van der Waals surface area (Å²) >= 11 is 0.824. The average molecular weight is 628 g/mol. The van der Waals surface area contributed by atoms with Crippen LogP contribution in [0.15, 0.2) is 78.9 Å². The minimum absolute atomic E-state index is 0.00268. The maximum Gasteiger partial charge on any atom is 0.273 e. The second kappa shape index (κ2) is 14.7. The largest absolute Gasteiger partial charge is 0.508 e. The van der Waals surface area contributed by atoms with Gasteiger partial charge in [-0.1, -0.05) is 61.7 Å². The molecule has 5 N–H and O–H groups in total. The van der Waals surface area contributed by atoms with Crippen LogP contribution in [0, 0.1) is 0 Å². The molecule has 234 valence electrons. The van der Waals surface area contributed by atoms with Gasteiger partial charge in [0.15, 0.2) is 5.69 Å². The third-order valence-electron chi connectivity index (χ3n) is 7.92. The number of aromatic nitrogens is 1. The number of carbonyl (C=O) groups excluding carboxylic acids is 3. The number of nitrogens with two attached hydrogens (primary N) is 1. The van der Waals surface area contributed by atoms with Crippen LogP contribution >= 0.6 is 11.5 Å². The molecule has 11 heteroatoms. The van der Waals surface area contributed by atoms with Crippen LogP contribution in [-0.4, -0.2) is 46.9 Å². The molecule has 1 aliphatic rings. The Kier molecular flexibility index (Phi) is 10.3. The van der Waals surface area contributed by atoms with Gasteiger partial charge in [-0.25, -0.2) is 0 Å². The molecule has 4 aromatic rings. The zero-order chi connectivity index (χ0) is 31.8. The van der Waals surface area contributed by atoms with E-state index in [1.807, 2.05) is 30.3 Å². The molecule has 5 rings (SSSR count). The molecule has 1 aliphatic carbocycles. The molecular weight excluding hydrogens is 590 g/mol. The first-order chi connectivity index (χ1) is 21.9. The number of methoxy groups -OCH3 is 1. The number of phenolic OH excluding ortho intramolecular Hbond substituents is 1. The van der Waals surface area contributed by atoms with Crippen LogP contribution in [0.3, 0.4) is 0 Å². The van der Waals surface area contributed by atoms with Gasteiger partial charge in [0.05, 0.1) is 12.8 Å². The van der Waals surface area contributed by atoms with Crippen molar-refractivity contribution in [1.29, 1.82) is 0 Å². The van der Waals surface area contributed by atoms with Crippen molar-refractivity contribution >= 4 is 40.6 Å². The Balaban J connectivity index is 1.49. The zero-order valence-corrected chi connectivity index (χ0v) is 25.9. The molecule has 3 aromatic carbocycles. The molecule has 0 aliphatic heterocycles. The third kappa shape index (κ3) is 7.61. The SMILES string of the molecule is COc1ccc(N(C(=O)c2snc(C(=O)NC3CCCCC3)c2N)[C@@H](C(=O)NCCc2ccccc2)c2ccc(O)cc2)cc1. The summed E-state index contributed by atoms with van der Waals surface area (Å²) in [5.74, 6) is -0.856. The van der Waals surface area contributed by atoms with Crippen LogP contribution in [-0.2, 0) is 11.2 Å². The van der Waals surface area contributed by atoms with E-state index in [9.17, 15) is 19.5 Å². The van der Waals surface area contributed by atoms with E-state index in [0.717, 1.165) is 49.2 Å². The van der Waals surface area contributed by atoms with Crippen LogP contribution in [0.5, 0.6) is 11.5 Å². The maximum absolute atomic E-state index is 14.5. The first kappa shape index (κ1) is 31.5. The number of nitrogen functional groups attached to an aromatic ring is 1. The van der Waals surface area contributed by atoms with Crippen LogP contribution < -0.4 is 26.0 Å². The van der Waals surface area contributed by atoms with E-state index in [0.29, 0.717) is 30.0 Å². The molecule has 0 radical (unpaired) electrons. The molecule has 1 fully saturated rings. The lowest BCUT2D eigenvalue weighted by Crippen LogP contribution is -2.44. The van der Waals surface area contributed by atoms with Gasteiger partial charge in [-0.2, -0.15) is 4.37 Å². The van der Waals surface area contributed by atoms with Crippen molar-refractivity contribution in [3.8, 4) is 11.5 Å². The summed E-state index contributed by atoms with van der Waals surface area (Å²) in [6.07, 6.45) is 5.61. The van der Waals surface area contributed by atoms with Gasteiger partial charge in [-0.05, 0) is 78.3 Å². The predicted octanol–water partition coefficient (Wildman–Crippen LogP) is 5.25. The molecule has 1 aromatic heterocycles. The first-order valence-electron chi connectivity index (χ1n) is 15.0. The number of benzene rings is 3. The molecule has 0 bridgehead atoms. The maximum atomic E-state index is 14.5. The highest BCUT2D eigenvalue weighted by molar-refractivity contribution is 7.09. The second-order valence-corrected chi connectivity index (χ2v) is 11.7. The molecule has 1 saturated carbocycles. The summed E-state index contributed by atoms with van der Waals surface area (Å²) in [6, 6.07) is 21.5. The molecule has 0 unspecified atom stereocenters. The number of phenols is 1. The number of hydrogen-bond acceptors (Lipinski definition) is 8. The summed E-state index contributed by atoms with van der Waals surface area (Å²) in [4.78, 5) is 43.0. The highest BCUT2D eigenvalue weighted by atomic mass is 32.1. The Morgan fingerprint density at radius 3 is 2.36 bits per heavy atom. The number of aromatic hydroxyl groups is 1. The summed E-state index contributed by atoms with van der Waals surface area (Å²) in [5, 5.41) is 16.0. The van der Waals surface area contributed by atoms with E-state index in [1.165, 1.54) is 24.1 Å². The Morgan fingerprint density at radius 1 is 1.00 bits per heavy atom. The monoisotopic (exact) mass is 627 g/mol. The Hall–Kier alpha value is -4.90. The van der Waals surface area contributed by atoms with E-state index in [-0.39, 0.29) is 28.0 Å². The number of nitrogens with zero attached hydrogens (tertiary/aromatic N) is 2. The Bertz CT molecular complexity index is 1600. The smallest absolute Gasteiger partial charge is 0.273 e. The van der Waals surface area contributed by atoms with Gasteiger partial charge in [-0.15, -0.1) is 0 Å². The number of amides is 3. The topological polar surface area (TPSA) is 147 Å². The summed E-state index contributed by atoms with van der Waals surface area (Å²) in [7, 11) is 1.54. The van der Waals surface area contributed by atoms with Gasteiger partial charge in [-0.3, -0.25) is 19.3 Å². The normalized spacial score (nSPS) is 13.9. The minimum Gasteiger partial charge on any atom is -0.508 e. The van der Waals surface area contributed by atoms with Crippen molar-refractivity contribution in [2.24, 2.45) is 0 Å². The fourth-order valence-corrected chi connectivity index (χ4v) is 6.23. The van der Waals surface area contributed by atoms with Crippen molar-refractivity contribution in [1.82, 2.24) is 15.0 Å². The fourth-order valence-electron chi connectivity index (χ4n) is 5.50. The molecule has 45 heavy (non-hydrogen) atoms. The summed E-state index contributed by atoms with van der Waals surface area (Å²) < 4.78 is 9.60. The van der Waals surface area contributed by atoms with E-state index >= 15 is 0 Å². The van der Waals surface area contributed by atoms with Crippen LogP contribution in [0.4, 0.5) is 11.4 Å². The molecule has 0 spiro atoms. The minimum atomic E-state index is -1.15. The fraction of sp³-hybridized carbons (Fsp3) is 0.294. The number of anilines is 2. The number of ether oxygens (including phenoxy) is 1. The third-order valence-corrected chi connectivity index (χ3v) is 8.77. The number of rotatable bonds is 11. The number of carbonyl (C=O) groups is 3. The Labute approximate surface area is 266 Å². The second-order valence-electron chi connectivity index (χ2n) is 11.0. The van der Waals surface area contributed by atoms with Gasteiger partial charge in [0, 0.05) is 18.3 Å². The highest BCUT2D eigenvalue weighted by Gasteiger charge is 2.36. The average Bonchev–Trinajstić information content (AvgIpc) is 3.46. The number of hydrogen-bond donors (Lipinski definition) is 4. The van der Waals surface area contributed by atoms with Crippen molar-refractivity contribution in [3.63, 3.8) is 0 Å². The van der Waals surface area contributed by atoms with E-state index in [1.54, 1.807) is 36.4 Å². The lowest BCUT2D eigenvalue weighted by atomic mass is 9.95. The predicted molar refractivity (Wildman–Crippen MR) is 175 cm³/mol. The molecule has 3 amide bonds. The molecule has 1 heterocycles. The van der Waals surface area contributed by atoms with E-state index in [4.69, 9.17) is 10.5 Å².